The Labute approximate surface area is 93.3 Å². The first kappa shape index (κ1) is 13.0. The molecule has 15 heavy (non-hydrogen) atoms. The molecule has 0 saturated heterocycles. The van der Waals surface area contributed by atoms with Gasteiger partial charge in [0.15, 0.2) is 9.84 Å². The third-order valence-electron chi connectivity index (χ3n) is 3.37. The molecule has 3 nitrogen and oxygen atoms in total. The molecule has 1 rings (SSSR count). The van der Waals surface area contributed by atoms with Crippen LogP contribution in [0.5, 0.6) is 0 Å². The molecule has 3 unspecified atom stereocenters. The van der Waals surface area contributed by atoms with Crippen LogP contribution in [-0.2, 0) is 9.84 Å². The molecule has 1 saturated carbocycles. The van der Waals surface area contributed by atoms with Crippen molar-refractivity contribution in [3.8, 4) is 0 Å². The molecule has 1 aliphatic rings. The van der Waals surface area contributed by atoms with Gasteiger partial charge in [-0.2, -0.15) is 0 Å². The van der Waals surface area contributed by atoms with Crippen LogP contribution in [0.15, 0.2) is 0 Å². The first-order chi connectivity index (χ1) is 6.95. The zero-order valence-corrected chi connectivity index (χ0v) is 10.6. The number of hydrogen-bond acceptors (Lipinski definition) is 3. The molecule has 0 aromatic rings. The van der Waals surface area contributed by atoms with Crippen LogP contribution >= 0.6 is 0 Å². The van der Waals surface area contributed by atoms with Gasteiger partial charge in [0.05, 0.1) is 11.0 Å². The average molecular weight is 233 g/mol. The van der Waals surface area contributed by atoms with E-state index < -0.39 is 9.84 Å². The minimum atomic E-state index is -2.95. The van der Waals surface area contributed by atoms with Crippen LogP contribution in [0.25, 0.3) is 0 Å². The summed E-state index contributed by atoms with van der Waals surface area (Å²) in [6, 6.07) is -0.188. The summed E-state index contributed by atoms with van der Waals surface area (Å²) >= 11 is 0. The van der Waals surface area contributed by atoms with Gasteiger partial charge >= 0.3 is 0 Å². The number of rotatable bonds is 4. The van der Waals surface area contributed by atoms with Crippen molar-refractivity contribution in [3.05, 3.63) is 0 Å². The molecule has 0 radical (unpaired) electrons. The van der Waals surface area contributed by atoms with Gasteiger partial charge in [-0.1, -0.05) is 26.7 Å². The summed E-state index contributed by atoms with van der Waals surface area (Å²) in [5.41, 5.74) is 5.72. The summed E-state index contributed by atoms with van der Waals surface area (Å²) in [4.78, 5) is 0. The molecular formula is C11H23NO2S. The van der Waals surface area contributed by atoms with Crippen molar-refractivity contribution in [2.24, 2.45) is 11.7 Å². The third-order valence-corrected chi connectivity index (χ3v) is 5.70. The minimum absolute atomic E-state index is 0.126. The maximum Gasteiger partial charge on any atom is 0.154 e. The predicted octanol–water partition coefficient (Wildman–Crippen LogP) is 1.72. The number of hydrogen-bond donors (Lipinski definition) is 1. The Morgan fingerprint density at radius 3 is 2.60 bits per heavy atom. The molecule has 1 aliphatic carbocycles. The monoisotopic (exact) mass is 233 g/mol. The van der Waals surface area contributed by atoms with Crippen molar-refractivity contribution in [2.75, 3.05) is 5.75 Å². The van der Waals surface area contributed by atoms with Crippen LogP contribution in [0.2, 0.25) is 0 Å². The summed E-state index contributed by atoms with van der Waals surface area (Å²) in [5, 5.41) is -0.126. The van der Waals surface area contributed by atoms with Crippen molar-refractivity contribution < 1.29 is 8.42 Å². The molecule has 3 atom stereocenters. The highest BCUT2D eigenvalue weighted by atomic mass is 32.2. The van der Waals surface area contributed by atoms with Crippen LogP contribution in [0.4, 0.5) is 0 Å². The van der Waals surface area contributed by atoms with E-state index in [9.17, 15) is 8.42 Å². The van der Waals surface area contributed by atoms with Gasteiger partial charge in [0.25, 0.3) is 0 Å². The number of nitrogens with two attached hydrogens (primary N) is 1. The lowest BCUT2D eigenvalue weighted by Crippen LogP contribution is -2.36. The Balaban J connectivity index is 2.60. The lowest BCUT2D eigenvalue weighted by atomic mass is 9.91. The van der Waals surface area contributed by atoms with E-state index in [0.717, 1.165) is 25.7 Å². The van der Waals surface area contributed by atoms with Gasteiger partial charge in [0.1, 0.15) is 0 Å². The molecule has 0 aliphatic heterocycles. The van der Waals surface area contributed by atoms with Crippen molar-refractivity contribution in [1.29, 1.82) is 0 Å². The van der Waals surface area contributed by atoms with E-state index in [-0.39, 0.29) is 17.0 Å². The first-order valence-corrected chi connectivity index (χ1v) is 7.64. The van der Waals surface area contributed by atoms with E-state index in [4.69, 9.17) is 5.73 Å². The van der Waals surface area contributed by atoms with Gasteiger partial charge in [-0.05, 0) is 25.2 Å². The maximum atomic E-state index is 12.0. The largest absolute Gasteiger partial charge is 0.327 e. The minimum Gasteiger partial charge on any atom is -0.327 e. The second kappa shape index (κ2) is 5.30. The Morgan fingerprint density at radius 2 is 2.07 bits per heavy atom. The smallest absolute Gasteiger partial charge is 0.154 e. The highest BCUT2D eigenvalue weighted by molar-refractivity contribution is 7.92. The zero-order valence-electron chi connectivity index (χ0n) is 9.78. The summed E-state index contributed by atoms with van der Waals surface area (Å²) in [7, 11) is -2.95. The summed E-state index contributed by atoms with van der Waals surface area (Å²) < 4.78 is 24.0. The van der Waals surface area contributed by atoms with E-state index in [1.54, 1.807) is 0 Å². The summed E-state index contributed by atoms with van der Waals surface area (Å²) in [6.45, 7) is 4.07. The highest BCUT2D eigenvalue weighted by Crippen LogP contribution is 2.28. The fourth-order valence-electron chi connectivity index (χ4n) is 2.26. The average Bonchev–Trinajstić information content (AvgIpc) is 2.17. The van der Waals surface area contributed by atoms with Crippen LogP contribution in [0.1, 0.15) is 46.0 Å². The highest BCUT2D eigenvalue weighted by Gasteiger charge is 2.30. The van der Waals surface area contributed by atoms with Crippen molar-refractivity contribution >= 4 is 9.84 Å². The van der Waals surface area contributed by atoms with Crippen LogP contribution in [0, 0.1) is 5.92 Å². The van der Waals surface area contributed by atoms with E-state index in [2.05, 4.69) is 6.92 Å². The fraction of sp³-hybridized carbons (Fsp3) is 1.00. The molecule has 0 aromatic carbocycles. The molecule has 0 bridgehead atoms. The standard InChI is InChI=1S/C11H23NO2S/c1-3-10(12)8-15(13,14)11-6-4-5-9(2)7-11/h9-11H,3-8,12H2,1-2H3. The van der Waals surface area contributed by atoms with Gasteiger partial charge in [0, 0.05) is 6.04 Å². The molecule has 0 aromatic heterocycles. The normalized spacial score (nSPS) is 30.1. The molecule has 90 valence electrons. The fourth-order valence-corrected chi connectivity index (χ4v) is 4.51. The zero-order chi connectivity index (χ0) is 11.5. The molecule has 1 fully saturated rings. The maximum absolute atomic E-state index is 12.0. The van der Waals surface area contributed by atoms with E-state index in [1.807, 2.05) is 6.92 Å². The van der Waals surface area contributed by atoms with Gasteiger partial charge in [0.2, 0.25) is 0 Å². The summed E-state index contributed by atoms with van der Waals surface area (Å²) in [6.07, 6.45) is 4.63. The predicted molar refractivity (Wildman–Crippen MR) is 63.5 cm³/mol. The van der Waals surface area contributed by atoms with Crippen LogP contribution in [0.3, 0.4) is 0 Å². The van der Waals surface area contributed by atoms with Crippen molar-refractivity contribution in [1.82, 2.24) is 0 Å². The van der Waals surface area contributed by atoms with E-state index >= 15 is 0 Å². The quantitative estimate of drug-likeness (QED) is 0.804. The van der Waals surface area contributed by atoms with Crippen molar-refractivity contribution in [2.45, 2.75) is 57.2 Å². The number of sulfone groups is 1. The van der Waals surface area contributed by atoms with Crippen LogP contribution in [-0.4, -0.2) is 25.5 Å². The Kier molecular flexibility index (Phi) is 4.59. The Bertz CT molecular complexity index is 287. The topological polar surface area (TPSA) is 60.2 Å². The SMILES string of the molecule is CCC(N)CS(=O)(=O)C1CCCC(C)C1. The molecule has 0 spiro atoms. The second-order valence-electron chi connectivity index (χ2n) is 4.89. The van der Waals surface area contributed by atoms with Gasteiger partial charge < -0.3 is 5.73 Å². The summed E-state index contributed by atoms with van der Waals surface area (Å²) in [5.74, 6) is 0.720. The first-order valence-electron chi connectivity index (χ1n) is 5.92. The lowest BCUT2D eigenvalue weighted by molar-refractivity contribution is 0.381. The molecule has 0 amide bonds. The lowest BCUT2D eigenvalue weighted by Gasteiger charge is -2.27. The van der Waals surface area contributed by atoms with E-state index in [1.165, 1.54) is 6.42 Å². The third kappa shape index (κ3) is 3.76. The van der Waals surface area contributed by atoms with Crippen molar-refractivity contribution in [3.63, 3.8) is 0 Å². The second-order valence-corrected chi connectivity index (χ2v) is 7.22. The molecule has 0 heterocycles. The van der Waals surface area contributed by atoms with Crippen LogP contribution < -0.4 is 5.73 Å². The van der Waals surface area contributed by atoms with Gasteiger partial charge in [-0.25, -0.2) is 8.42 Å². The van der Waals surface area contributed by atoms with E-state index in [0.29, 0.717) is 5.92 Å². The Hall–Kier alpha value is -0.0900. The molecular weight excluding hydrogens is 210 g/mol. The van der Waals surface area contributed by atoms with Gasteiger partial charge in [-0.3, -0.25) is 0 Å². The van der Waals surface area contributed by atoms with Gasteiger partial charge in [-0.15, -0.1) is 0 Å². The Morgan fingerprint density at radius 1 is 1.40 bits per heavy atom. The molecule has 2 N–H and O–H groups in total. The molecule has 4 heteroatoms.